The van der Waals surface area contributed by atoms with Crippen LogP contribution in [0.1, 0.15) is 6.92 Å². The minimum Gasteiger partial charge on any atom is -0.491 e. The number of hydrogen-bond donors (Lipinski definition) is 1. The van der Waals surface area contributed by atoms with Crippen LogP contribution in [-0.2, 0) is 0 Å². The Labute approximate surface area is 120 Å². The zero-order chi connectivity index (χ0) is 15.2. The molecular formula is C14H14FN3O3. The van der Waals surface area contributed by atoms with Gasteiger partial charge in [0.1, 0.15) is 30.2 Å². The van der Waals surface area contributed by atoms with Gasteiger partial charge in [-0.15, -0.1) is 0 Å². The third-order valence-electron chi connectivity index (χ3n) is 2.67. The van der Waals surface area contributed by atoms with E-state index in [0.29, 0.717) is 18.2 Å². The molecular weight excluding hydrogens is 277 g/mol. The smallest absolute Gasteiger partial charge is 0.287 e. The van der Waals surface area contributed by atoms with E-state index in [9.17, 15) is 14.5 Å². The van der Waals surface area contributed by atoms with E-state index in [-0.39, 0.29) is 17.5 Å². The topological polar surface area (TPSA) is 77.3 Å². The first-order valence-corrected chi connectivity index (χ1v) is 6.30. The minimum atomic E-state index is -0.502. The van der Waals surface area contributed by atoms with Crippen molar-refractivity contribution >= 4 is 11.5 Å². The zero-order valence-electron chi connectivity index (χ0n) is 11.3. The molecule has 1 N–H and O–H groups in total. The minimum absolute atomic E-state index is 0.0595. The molecule has 2 rings (SSSR count). The summed E-state index contributed by atoms with van der Waals surface area (Å²) >= 11 is 0. The van der Waals surface area contributed by atoms with E-state index < -0.39 is 4.92 Å². The molecule has 0 aliphatic rings. The lowest BCUT2D eigenvalue weighted by Gasteiger charge is -2.15. The molecule has 1 heterocycles. The van der Waals surface area contributed by atoms with Gasteiger partial charge in [0.2, 0.25) is 0 Å². The Balaban J connectivity index is 1.85. The quantitative estimate of drug-likeness (QED) is 0.654. The Hall–Kier alpha value is -2.70. The fourth-order valence-electron chi connectivity index (χ4n) is 1.63. The van der Waals surface area contributed by atoms with E-state index in [4.69, 9.17) is 4.74 Å². The molecule has 1 aromatic heterocycles. The molecule has 0 saturated carbocycles. The largest absolute Gasteiger partial charge is 0.491 e. The number of aromatic nitrogens is 1. The predicted octanol–water partition coefficient (Wildman–Crippen LogP) is 3.01. The summed E-state index contributed by atoms with van der Waals surface area (Å²) in [6.07, 6.45) is 1.19. The van der Waals surface area contributed by atoms with Crippen molar-refractivity contribution in [3.05, 3.63) is 58.5 Å². The zero-order valence-corrected chi connectivity index (χ0v) is 11.3. The first kappa shape index (κ1) is 14.7. The van der Waals surface area contributed by atoms with Crippen molar-refractivity contribution in [1.82, 2.24) is 4.98 Å². The SMILES string of the molecule is CC(COc1ccc(F)cc1)Nc1ccc([N+](=O)[O-])cn1. The number of nitrogens with one attached hydrogen (secondary N) is 1. The van der Waals surface area contributed by atoms with Crippen molar-refractivity contribution in [2.24, 2.45) is 0 Å². The highest BCUT2D eigenvalue weighted by molar-refractivity contribution is 5.40. The van der Waals surface area contributed by atoms with Crippen LogP contribution in [0.4, 0.5) is 15.9 Å². The van der Waals surface area contributed by atoms with Crippen LogP contribution in [0.5, 0.6) is 5.75 Å². The summed E-state index contributed by atoms with van der Waals surface area (Å²) in [5, 5.41) is 13.6. The number of hydrogen-bond acceptors (Lipinski definition) is 5. The molecule has 6 nitrogen and oxygen atoms in total. The summed E-state index contributed by atoms with van der Waals surface area (Å²) in [4.78, 5) is 14.0. The van der Waals surface area contributed by atoms with Crippen LogP contribution >= 0.6 is 0 Å². The second kappa shape index (κ2) is 6.65. The van der Waals surface area contributed by atoms with Crippen LogP contribution in [0, 0.1) is 15.9 Å². The third kappa shape index (κ3) is 4.41. The van der Waals surface area contributed by atoms with Crippen LogP contribution in [-0.4, -0.2) is 22.6 Å². The molecule has 0 fully saturated rings. The van der Waals surface area contributed by atoms with Crippen LogP contribution < -0.4 is 10.1 Å². The van der Waals surface area contributed by atoms with E-state index >= 15 is 0 Å². The van der Waals surface area contributed by atoms with Crippen molar-refractivity contribution in [3.63, 3.8) is 0 Å². The normalized spacial score (nSPS) is 11.7. The summed E-state index contributed by atoms with van der Waals surface area (Å²) in [7, 11) is 0. The van der Waals surface area contributed by atoms with E-state index in [1.54, 1.807) is 12.1 Å². The van der Waals surface area contributed by atoms with Gasteiger partial charge in [-0.1, -0.05) is 0 Å². The maximum Gasteiger partial charge on any atom is 0.287 e. The molecule has 0 aliphatic heterocycles. The van der Waals surface area contributed by atoms with Gasteiger partial charge in [0.05, 0.1) is 11.0 Å². The molecule has 0 amide bonds. The van der Waals surface area contributed by atoms with Gasteiger partial charge in [0.15, 0.2) is 0 Å². The second-order valence-electron chi connectivity index (χ2n) is 4.47. The summed E-state index contributed by atoms with van der Waals surface area (Å²) in [6.45, 7) is 2.23. The average Bonchev–Trinajstić information content (AvgIpc) is 2.47. The molecule has 0 aliphatic carbocycles. The summed E-state index contributed by atoms with van der Waals surface area (Å²) < 4.78 is 18.2. The number of nitrogens with zero attached hydrogens (tertiary/aromatic N) is 2. The van der Waals surface area contributed by atoms with E-state index in [1.165, 1.54) is 30.5 Å². The van der Waals surface area contributed by atoms with Gasteiger partial charge in [-0.3, -0.25) is 10.1 Å². The fourth-order valence-corrected chi connectivity index (χ4v) is 1.63. The van der Waals surface area contributed by atoms with Crippen molar-refractivity contribution in [2.45, 2.75) is 13.0 Å². The third-order valence-corrected chi connectivity index (χ3v) is 2.67. The molecule has 0 radical (unpaired) electrons. The first-order chi connectivity index (χ1) is 10.0. The van der Waals surface area contributed by atoms with Gasteiger partial charge in [-0.05, 0) is 37.3 Å². The van der Waals surface area contributed by atoms with Crippen molar-refractivity contribution < 1.29 is 14.1 Å². The van der Waals surface area contributed by atoms with Gasteiger partial charge >= 0.3 is 0 Å². The van der Waals surface area contributed by atoms with Crippen LogP contribution in [0.25, 0.3) is 0 Å². The number of anilines is 1. The van der Waals surface area contributed by atoms with Crippen LogP contribution in [0.2, 0.25) is 0 Å². The maximum absolute atomic E-state index is 12.7. The molecule has 0 saturated heterocycles. The Kier molecular flexibility index (Phi) is 4.65. The molecule has 0 spiro atoms. The highest BCUT2D eigenvalue weighted by atomic mass is 19.1. The number of pyridine rings is 1. The fraction of sp³-hybridized carbons (Fsp3) is 0.214. The predicted molar refractivity (Wildman–Crippen MR) is 75.9 cm³/mol. The lowest BCUT2D eigenvalue weighted by Crippen LogP contribution is -2.24. The molecule has 1 unspecified atom stereocenters. The molecule has 21 heavy (non-hydrogen) atoms. The van der Waals surface area contributed by atoms with Gasteiger partial charge < -0.3 is 10.1 Å². The first-order valence-electron chi connectivity index (χ1n) is 6.30. The second-order valence-corrected chi connectivity index (χ2v) is 4.47. The highest BCUT2D eigenvalue weighted by Gasteiger charge is 2.08. The standard InChI is InChI=1S/C14H14FN3O3/c1-10(9-21-13-5-2-11(15)3-6-13)17-14-7-4-12(8-16-14)18(19)20/h2-8,10H,9H2,1H3,(H,16,17). The maximum atomic E-state index is 12.7. The molecule has 1 atom stereocenters. The summed E-state index contributed by atoms with van der Waals surface area (Å²) in [5.41, 5.74) is -0.0595. The Morgan fingerprint density at radius 1 is 1.33 bits per heavy atom. The van der Waals surface area contributed by atoms with Gasteiger partial charge in [0.25, 0.3) is 5.69 Å². The molecule has 1 aromatic carbocycles. The molecule has 0 bridgehead atoms. The number of benzene rings is 1. The lowest BCUT2D eigenvalue weighted by atomic mass is 10.3. The van der Waals surface area contributed by atoms with Crippen LogP contribution in [0.3, 0.4) is 0 Å². The monoisotopic (exact) mass is 291 g/mol. The van der Waals surface area contributed by atoms with Gasteiger partial charge in [0, 0.05) is 6.07 Å². The highest BCUT2D eigenvalue weighted by Crippen LogP contribution is 2.14. The number of rotatable bonds is 6. The summed E-state index contributed by atoms with van der Waals surface area (Å²) in [6, 6.07) is 8.59. The average molecular weight is 291 g/mol. The molecule has 2 aromatic rings. The Morgan fingerprint density at radius 3 is 2.62 bits per heavy atom. The molecule has 7 heteroatoms. The van der Waals surface area contributed by atoms with E-state index in [2.05, 4.69) is 10.3 Å². The van der Waals surface area contributed by atoms with Crippen LogP contribution in [0.15, 0.2) is 42.6 Å². The number of nitro groups is 1. The Bertz CT molecular complexity index is 602. The molecule has 110 valence electrons. The van der Waals surface area contributed by atoms with Gasteiger partial charge in [-0.2, -0.15) is 0 Å². The van der Waals surface area contributed by atoms with Crippen molar-refractivity contribution in [3.8, 4) is 5.75 Å². The van der Waals surface area contributed by atoms with Gasteiger partial charge in [-0.25, -0.2) is 9.37 Å². The Morgan fingerprint density at radius 2 is 2.05 bits per heavy atom. The van der Waals surface area contributed by atoms with Crippen molar-refractivity contribution in [1.29, 1.82) is 0 Å². The van der Waals surface area contributed by atoms with E-state index in [1.807, 2.05) is 6.92 Å². The van der Waals surface area contributed by atoms with Crippen molar-refractivity contribution in [2.75, 3.05) is 11.9 Å². The lowest BCUT2D eigenvalue weighted by molar-refractivity contribution is -0.385. The van der Waals surface area contributed by atoms with E-state index in [0.717, 1.165) is 0 Å². The number of halogens is 1. The summed E-state index contributed by atoms with van der Waals surface area (Å²) in [5.74, 6) is 0.779. The number of ether oxygens (including phenoxy) is 1.